The summed E-state index contributed by atoms with van der Waals surface area (Å²) in [6, 6.07) is 1.50. The van der Waals surface area contributed by atoms with Crippen molar-refractivity contribution in [3.05, 3.63) is 27.9 Å². The molecule has 22 heavy (non-hydrogen) atoms. The van der Waals surface area contributed by atoms with Gasteiger partial charge in [0.2, 0.25) is 5.91 Å². The van der Waals surface area contributed by atoms with Gasteiger partial charge in [-0.05, 0) is 25.3 Å². The molecule has 0 spiro atoms. The van der Waals surface area contributed by atoms with Crippen LogP contribution in [-0.2, 0) is 11.2 Å². The molecule has 1 aliphatic rings. The van der Waals surface area contributed by atoms with Gasteiger partial charge in [-0.15, -0.1) is 0 Å². The van der Waals surface area contributed by atoms with Gasteiger partial charge in [-0.25, -0.2) is 4.79 Å². The van der Waals surface area contributed by atoms with E-state index in [0.29, 0.717) is 31.1 Å². The second-order valence-electron chi connectivity index (χ2n) is 6.10. The second kappa shape index (κ2) is 6.72. The van der Waals surface area contributed by atoms with Crippen LogP contribution in [-0.4, -0.2) is 45.8 Å². The van der Waals surface area contributed by atoms with E-state index in [1.54, 1.807) is 11.0 Å². The number of rotatable bonds is 3. The number of nitrogens with zero attached hydrogens (tertiary/aromatic N) is 2. The van der Waals surface area contributed by atoms with Crippen molar-refractivity contribution >= 4 is 11.8 Å². The van der Waals surface area contributed by atoms with Crippen LogP contribution in [0.2, 0.25) is 0 Å². The summed E-state index contributed by atoms with van der Waals surface area (Å²) >= 11 is 0. The Morgan fingerprint density at radius 3 is 2.86 bits per heavy atom. The van der Waals surface area contributed by atoms with Gasteiger partial charge < -0.3 is 15.2 Å². The first-order valence-corrected chi connectivity index (χ1v) is 7.54. The van der Waals surface area contributed by atoms with Crippen LogP contribution >= 0.6 is 0 Å². The molecule has 0 radical (unpaired) electrons. The van der Waals surface area contributed by atoms with Crippen LogP contribution in [0.25, 0.3) is 0 Å². The van der Waals surface area contributed by atoms with E-state index in [-0.39, 0.29) is 30.0 Å². The Kier molecular flexibility index (Phi) is 4.95. The number of hydrogen-bond acceptors (Lipinski definition) is 4. The first-order chi connectivity index (χ1) is 10.4. The molecule has 1 fully saturated rings. The lowest BCUT2D eigenvalue weighted by Gasteiger charge is -2.26. The van der Waals surface area contributed by atoms with Gasteiger partial charge >= 0.3 is 5.69 Å². The van der Waals surface area contributed by atoms with E-state index < -0.39 is 5.69 Å². The number of nitrogens with one attached hydrogen (secondary N) is 2. The van der Waals surface area contributed by atoms with Crippen LogP contribution in [0.15, 0.2) is 10.9 Å². The average Bonchev–Trinajstić information content (AvgIpc) is 2.59. The third kappa shape index (κ3) is 3.93. The summed E-state index contributed by atoms with van der Waals surface area (Å²) in [5.41, 5.74) is 0.328. The van der Waals surface area contributed by atoms with Gasteiger partial charge in [0.05, 0.1) is 0 Å². The van der Waals surface area contributed by atoms with E-state index >= 15 is 0 Å². The van der Waals surface area contributed by atoms with Gasteiger partial charge in [0.1, 0.15) is 5.69 Å². The quantitative estimate of drug-likeness (QED) is 0.840. The molecule has 2 rings (SSSR count). The number of aromatic amines is 1. The van der Waals surface area contributed by atoms with Crippen molar-refractivity contribution in [1.29, 1.82) is 0 Å². The maximum absolute atomic E-state index is 12.6. The summed E-state index contributed by atoms with van der Waals surface area (Å²) in [5, 5.41) is 2.76. The fourth-order valence-corrected chi connectivity index (χ4v) is 2.52. The van der Waals surface area contributed by atoms with Gasteiger partial charge in [0.25, 0.3) is 5.91 Å². The number of carbonyl (C=O) groups is 2. The lowest BCUT2D eigenvalue weighted by Crippen LogP contribution is -2.42. The molecule has 0 aromatic carbocycles. The smallest absolute Gasteiger partial charge is 0.345 e. The van der Waals surface area contributed by atoms with Gasteiger partial charge in [-0.3, -0.25) is 9.59 Å². The van der Waals surface area contributed by atoms with E-state index in [1.807, 2.05) is 20.8 Å². The third-order valence-electron chi connectivity index (χ3n) is 3.62. The first-order valence-electron chi connectivity index (χ1n) is 7.54. The van der Waals surface area contributed by atoms with Crippen LogP contribution in [0.4, 0.5) is 0 Å². The molecule has 1 atom stereocenters. The highest BCUT2D eigenvalue weighted by molar-refractivity contribution is 5.93. The average molecular weight is 306 g/mol. The third-order valence-corrected chi connectivity index (χ3v) is 3.62. The van der Waals surface area contributed by atoms with E-state index in [4.69, 9.17) is 0 Å². The van der Waals surface area contributed by atoms with Gasteiger partial charge in [0, 0.05) is 31.2 Å². The minimum absolute atomic E-state index is 0.0680. The molecule has 1 aromatic heterocycles. The molecule has 1 aromatic rings. The fraction of sp³-hybridized carbons (Fsp3) is 0.600. The molecule has 1 saturated heterocycles. The first kappa shape index (κ1) is 16.2. The van der Waals surface area contributed by atoms with Crippen molar-refractivity contribution in [2.45, 2.75) is 39.7 Å². The highest BCUT2D eigenvalue weighted by Gasteiger charge is 2.26. The van der Waals surface area contributed by atoms with Crippen LogP contribution < -0.4 is 11.0 Å². The van der Waals surface area contributed by atoms with E-state index in [1.165, 1.54) is 0 Å². The zero-order valence-electron chi connectivity index (χ0n) is 13.2. The molecule has 7 nitrogen and oxygen atoms in total. The molecule has 1 unspecified atom stereocenters. The largest absolute Gasteiger partial charge is 0.354 e. The predicted octanol–water partition coefficient (Wildman–Crippen LogP) is 0.319. The topological polar surface area (TPSA) is 95.2 Å². The van der Waals surface area contributed by atoms with Crippen LogP contribution in [0.5, 0.6) is 0 Å². The lowest BCUT2D eigenvalue weighted by molar-refractivity contribution is -0.120. The molecule has 0 bridgehead atoms. The molecule has 0 saturated carbocycles. The zero-order chi connectivity index (χ0) is 16.3. The Hall–Kier alpha value is -2.18. The maximum atomic E-state index is 12.6. The summed E-state index contributed by atoms with van der Waals surface area (Å²) in [4.78, 5) is 43.8. The van der Waals surface area contributed by atoms with Crippen molar-refractivity contribution in [2.24, 2.45) is 5.92 Å². The van der Waals surface area contributed by atoms with E-state index in [9.17, 15) is 14.4 Å². The number of hydrogen-bond donors (Lipinski definition) is 2. The molecule has 0 aliphatic carbocycles. The van der Waals surface area contributed by atoms with Crippen molar-refractivity contribution in [2.75, 3.05) is 13.1 Å². The zero-order valence-corrected chi connectivity index (χ0v) is 13.2. The van der Waals surface area contributed by atoms with Crippen molar-refractivity contribution in [1.82, 2.24) is 20.2 Å². The van der Waals surface area contributed by atoms with Crippen LogP contribution in [0, 0.1) is 5.92 Å². The number of H-pyrrole nitrogens is 1. The molecule has 1 aliphatic heterocycles. The highest BCUT2D eigenvalue weighted by atomic mass is 16.2. The number of aromatic nitrogens is 2. The van der Waals surface area contributed by atoms with Gasteiger partial charge in [-0.2, -0.15) is 4.98 Å². The number of amides is 2. The second-order valence-corrected chi connectivity index (χ2v) is 6.10. The molecular formula is C15H22N4O3. The van der Waals surface area contributed by atoms with Gasteiger partial charge in [-0.1, -0.05) is 13.8 Å². The Morgan fingerprint density at radius 1 is 1.45 bits per heavy atom. The normalized spacial score (nSPS) is 19.0. The molecular weight excluding hydrogens is 284 g/mol. The standard InChI is InChI=1S/C15H22N4O3/c1-9(2)6-11-7-12(18-15(22)17-11)14(21)19-5-4-13(20)16-8-10(19)3/h7,9-10H,4-6,8H2,1-3H3,(H,16,20)(H,17,18,22). The minimum atomic E-state index is -0.516. The van der Waals surface area contributed by atoms with E-state index in [2.05, 4.69) is 15.3 Å². The summed E-state index contributed by atoms with van der Waals surface area (Å²) in [6.45, 7) is 6.68. The number of carbonyl (C=O) groups excluding carboxylic acids is 2. The van der Waals surface area contributed by atoms with Crippen LogP contribution in [0.3, 0.4) is 0 Å². The maximum Gasteiger partial charge on any atom is 0.345 e. The van der Waals surface area contributed by atoms with E-state index in [0.717, 1.165) is 0 Å². The predicted molar refractivity (Wildman–Crippen MR) is 81.5 cm³/mol. The van der Waals surface area contributed by atoms with Crippen molar-refractivity contribution in [3.8, 4) is 0 Å². The minimum Gasteiger partial charge on any atom is -0.354 e. The fourth-order valence-electron chi connectivity index (χ4n) is 2.52. The Bertz CT molecular complexity index is 623. The summed E-state index contributed by atoms with van der Waals surface area (Å²) in [5.74, 6) is -0.0124. The van der Waals surface area contributed by atoms with Gasteiger partial charge in [0.15, 0.2) is 0 Å². The molecule has 2 amide bonds. The Balaban J connectivity index is 2.26. The van der Waals surface area contributed by atoms with Crippen LogP contribution in [0.1, 0.15) is 43.4 Å². The Labute approximate surface area is 129 Å². The summed E-state index contributed by atoms with van der Waals surface area (Å²) in [6.07, 6.45) is 0.936. The molecule has 2 N–H and O–H groups in total. The molecule has 7 heteroatoms. The summed E-state index contributed by atoms with van der Waals surface area (Å²) in [7, 11) is 0. The SMILES string of the molecule is CC(C)Cc1cc(C(=O)N2CCC(=O)NCC2C)nc(=O)[nH]1. The molecule has 2 heterocycles. The monoisotopic (exact) mass is 306 g/mol. The Morgan fingerprint density at radius 2 is 2.18 bits per heavy atom. The summed E-state index contributed by atoms with van der Waals surface area (Å²) < 4.78 is 0. The lowest BCUT2D eigenvalue weighted by atomic mass is 10.1. The van der Waals surface area contributed by atoms with Crippen molar-refractivity contribution < 1.29 is 9.59 Å². The molecule has 120 valence electrons. The van der Waals surface area contributed by atoms with Crippen molar-refractivity contribution in [3.63, 3.8) is 0 Å². The highest BCUT2D eigenvalue weighted by Crippen LogP contribution is 2.11.